The Morgan fingerprint density at radius 3 is 2.14 bits per heavy atom. The normalized spacial score (nSPS) is 42.8. The number of allylic oxidation sites excluding steroid dienone is 2. The molecule has 19 atom stereocenters. The Bertz CT molecular complexity index is 1890. The zero-order chi connectivity index (χ0) is 45.6. The molecule has 14 heteroatoms. The van der Waals surface area contributed by atoms with Crippen LogP contribution in [0.25, 0.3) is 5.57 Å². The summed E-state index contributed by atoms with van der Waals surface area (Å²) in [4.78, 5) is 45.6. The fourth-order valence-electron chi connectivity index (χ4n) is 12.7. The van der Waals surface area contributed by atoms with Crippen LogP contribution in [0, 0.1) is 47.2 Å². The molecule has 0 radical (unpaired) electrons. The van der Waals surface area contributed by atoms with Gasteiger partial charge in [0.15, 0.2) is 18.4 Å². The molecule has 4 heterocycles. The van der Waals surface area contributed by atoms with Crippen LogP contribution in [0.5, 0.6) is 0 Å². The Morgan fingerprint density at radius 1 is 0.781 bits per heavy atom. The number of methoxy groups -OCH3 is 3. The number of rotatable bonds is 10. The van der Waals surface area contributed by atoms with Gasteiger partial charge >= 0.3 is 11.9 Å². The van der Waals surface area contributed by atoms with Crippen LogP contribution in [0.15, 0.2) is 42.0 Å². The van der Waals surface area contributed by atoms with E-state index in [1.54, 1.807) is 33.5 Å². The fraction of sp³-hybridized carbons (Fsp3) is 0.740. The smallest absolute Gasteiger partial charge is 0.338 e. The van der Waals surface area contributed by atoms with Crippen molar-refractivity contribution >= 4 is 23.3 Å². The molecule has 0 spiro atoms. The number of Topliss-reactive ketones (excluding diaryl/α,β-unsaturated/α-hetero) is 1. The van der Waals surface area contributed by atoms with Crippen molar-refractivity contribution in [3.8, 4) is 0 Å². The van der Waals surface area contributed by atoms with E-state index >= 15 is 4.79 Å². The number of ether oxygens (including phenoxy) is 9. The van der Waals surface area contributed by atoms with Gasteiger partial charge in [-0.15, -0.1) is 0 Å². The number of esters is 2. The van der Waals surface area contributed by atoms with Gasteiger partial charge in [-0.2, -0.15) is 0 Å². The molecule has 0 amide bonds. The van der Waals surface area contributed by atoms with Crippen LogP contribution in [0.1, 0.15) is 91.0 Å². The molecule has 13 nitrogen and oxygen atoms in total. The van der Waals surface area contributed by atoms with E-state index in [0.717, 1.165) is 19.3 Å². The second-order valence-corrected chi connectivity index (χ2v) is 19.6. The number of fused-ring (bicyclic) bond motifs is 8. The van der Waals surface area contributed by atoms with Gasteiger partial charge in [0.2, 0.25) is 0 Å². The molecule has 1 aromatic rings. The summed E-state index contributed by atoms with van der Waals surface area (Å²) in [6.45, 7) is 7.98. The van der Waals surface area contributed by atoms with E-state index in [-0.39, 0.29) is 84.3 Å². The van der Waals surface area contributed by atoms with Gasteiger partial charge in [-0.25, -0.2) is 9.18 Å². The van der Waals surface area contributed by atoms with E-state index < -0.39 is 60.6 Å². The van der Waals surface area contributed by atoms with E-state index in [0.29, 0.717) is 48.8 Å². The summed E-state index contributed by atoms with van der Waals surface area (Å²) >= 11 is 0. The average molecular weight is 896 g/mol. The molecule has 2 unspecified atom stereocenters. The van der Waals surface area contributed by atoms with Gasteiger partial charge in [0.1, 0.15) is 36.3 Å². The van der Waals surface area contributed by atoms with Crippen molar-refractivity contribution in [2.45, 2.75) is 159 Å². The standard InChI is InChI=1S/C50H70FNO12/c1-10-30-12-11-13-40(63-42-19-18-39(52(5)6)26(3)59-42)25(2)44(54)37-23-35-33-20-31(62-50-48(58-9)47(57-8)45(56-7)27(4)60-50)21-34(33)38-22-32(28-14-16-29(51)17-15-28)49(55)64-46(38)43(35)36(37)24-41(53)61-30/h14-17,22-23,25-27,30-31,33-36,38-40,42-43,45-48,50H,10-13,18-21,24H2,1-9H3/t25-,26-,27+,30+,31+,33-,34-,35+,36-,38?,39+,40+,42+,43-,45+,46?,47-,48-,50+/m1/s1. The van der Waals surface area contributed by atoms with E-state index in [4.69, 9.17) is 42.6 Å². The largest absolute Gasteiger partial charge is 0.462 e. The lowest BCUT2D eigenvalue weighted by atomic mass is 9.59. The third-order valence-electron chi connectivity index (χ3n) is 15.9. The number of cyclic esters (lactones) is 1. The first-order valence-electron chi connectivity index (χ1n) is 23.8. The lowest BCUT2D eigenvalue weighted by molar-refractivity contribution is -0.314. The molecule has 7 aliphatic rings. The number of likely N-dealkylation sites (N-methyl/N-ethyl adjacent to an activating group) is 1. The summed E-state index contributed by atoms with van der Waals surface area (Å²) in [6.07, 6.45) is 5.10. The number of carbonyl (C=O) groups excluding carboxylic acids is 3. The van der Waals surface area contributed by atoms with Gasteiger partial charge in [0.05, 0.1) is 36.4 Å². The first kappa shape index (κ1) is 47.4. The Balaban J connectivity index is 1.14. The molecule has 2 saturated carbocycles. The Labute approximate surface area is 378 Å². The molecule has 3 aliphatic carbocycles. The summed E-state index contributed by atoms with van der Waals surface area (Å²) in [5.74, 6) is -3.32. The summed E-state index contributed by atoms with van der Waals surface area (Å²) in [5, 5.41) is 0. The number of hydrogen-bond acceptors (Lipinski definition) is 13. The highest BCUT2D eigenvalue weighted by molar-refractivity contribution is 6.17. The molecular weight excluding hydrogens is 826 g/mol. The maximum Gasteiger partial charge on any atom is 0.338 e. The molecule has 64 heavy (non-hydrogen) atoms. The van der Waals surface area contributed by atoms with Crippen LogP contribution in [-0.4, -0.2) is 132 Å². The summed E-state index contributed by atoms with van der Waals surface area (Å²) in [6, 6.07) is 6.15. The third-order valence-corrected chi connectivity index (χ3v) is 15.9. The van der Waals surface area contributed by atoms with E-state index in [9.17, 15) is 14.0 Å². The highest BCUT2D eigenvalue weighted by Crippen LogP contribution is 2.61. The lowest BCUT2D eigenvalue weighted by Gasteiger charge is -2.49. The maximum absolute atomic E-state index is 15.2. The molecule has 4 aliphatic heterocycles. The highest BCUT2D eigenvalue weighted by Gasteiger charge is 2.62. The second-order valence-electron chi connectivity index (χ2n) is 19.6. The minimum absolute atomic E-state index is 0.00209. The number of carbonyl (C=O) groups is 3. The van der Waals surface area contributed by atoms with Gasteiger partial charge < -0.3 is 47.5 Å². The summed E-state index contributed by atoms with van der Waals surface area (Å²) < 4.78 is 71.0. The molecule has 5 fully saturated rings. The quantitative estimate of drug-likeness (QED) is 0.231. The number of hydrogen-bond donors (Lipinski definition) is 0. The predicted octanol–water partition coefficient (Wildman–Crippen LogP) is 6.70. The Hall–Kier alpha value is -3.08. The predicted molar refractivity (Wildman–Crippen MR) is 233 cm³/mol. The van der Waals surface area contributed by atoms with Gasteiger partial charge in [-0.05, 0) is 120 Å². The van der Waals surface area contributed by atoms with Crippen LogP contribution >= 0.6 is 0 Å². The topological polar surface area (TPSA) is 138 Å². The molecular formula is C50H70FNO12. The van der Waals surface area contributed by atoms with Gasteiger partial charge in [-0.3, -0.25) is 9.59 Å². The molecule has 8 rings (SSSR count). The van der Waals surface area contributed by atoms with Gasteiger partial charge in [0, 0.05) is 51.0 Å². The van der Waals surface area contributed by atoms with Crippen molar-refractivity contribution in [3.05, 3.63) is 53.4 Å². The zero-order valence-electron chi connectivity index (χ0n) is 39.0. The Kier molecular flexibility index (Phi) is 14.8. The fourth-order valence-corrected chi connectivity index (χ4v) is 12.7. The summed E-state index contributed by atoms with van der Waals surface area (Å²) in [5.41, 5.74) is 1.52. The van der Waals surface area contributed by atoms with Crippen molar-refractivity contribution in [1.82, 2.24) is 4.90 Å². The zero-order valence-corrected chi connectivity index (χ0v) is 39.0. The van der Waals surface area contributed by atoms with Crippen molar-refractivity contribution in [3.63, 3.8) is 0 Å². The molecule has 3 saturated heterocycles. The van der Waals surface area contributed by atoms with Crippen molar-refractivity contribution in [2.75, 3.05) is 35.4 Å². The third kappa shape index (κ3) is 9.28. The molecule has 0 N–H and O–H groups in total. The van der Waals surface area contributed by atoms with Gasteiger partial charge in [-0.1, -0.05) is 38.1 Å². The SMILES string of the molecule is CC[C@H]1CCC[C@H](O[C@H]2CC[C@H](N(C)C)[C@@H](C)O2)[C@@H](C)C(=O)C2=C[C@H]3[C@@H]4C[C@H](O[C@@H]5O[C@@H](C)[C@H](OC)[C@@H](OC)[C@H]5OC)C[C@H]4C4C=C(c5ccc(F)cc5)C(=O)OC4[C@H]3[C@@H]2CC(=O)O1. The van der Waals surface area contributed by atoms with E-state index in [1.807, 2.05) is 26.8 Å². The molecule has 0 bridgehead atoms. The lowest BCUT2D eigenvalue weighted by Crippen LogP contribution is -2.59. The second kappa shape index (κ2) is 20.0. The minimum Gasteiger partial charge on any atom is -0.462 e. The van der Waals surface area contributed by atoms with Crippen molar-refractivity contribution < 1.29 is 61.4 Å². The average Bonchev–Trinajstić information content (AvgIpc) is 3.86. The van der Waals surface area contributed by atoms with Crippen LogP contribution < -0.4 is 0 Å². The van der Waals surface area contributed by atoms with Crippen LogP contribution in [0.2, 0.25) is 0 Å². The van der Waals surface area contributed by atoms with Crippen molar-refractivity contribution in [2.24, 2.45) is 41.4 Å². The molecule has 354 valence electrons. The first-order valence-corrected chi connectivity index (χ1v) is 23.8. The summed E-state index contributed by atoms with van der Waals surface area (Å²) in [7, 11) is 8.99. The minimum atomic E-state index is -0.745. The Morgan fingerprint density at radius 2 is 1.48 bits per heavy atom. The van der Waals surface area contributed by atoms with Crippen molar-refractivity contribution in [1.29, 1.82) is 0 Å². The van der Waals surface area contributed by atoms with E-state index in [1.165, 1.54) is 12.1 Å². The number of ketones is 1. The monoisotopic (exact) mass is 895 g/mol. The highest BCUT2D eigenvalue weighted by atomic mass is 19.1. The van der Waals surface area contributed by atoms with E-state index in [2.05, 4.69) is 32.0 Å². The maximum atomic E-state index is 15.2. The molecule has 0 aromatic heterocycles. The molecule has 1 aromatic carbocycles. The van der Waals surface area contributed by atoms with Crippen LogP contribution in [-0.2, 0) is 57.0 Å². The number of nitrogens with zero attached hydrogens (tertiary/aromatic N) is 1. The van der Waals surface area contributed by atoms with Gasteiger partial charge in [0.25, 0.3) is 0 Å². The first-order chi connectivity index (χ1) is 30.7. The van der Waals surface area contributed by atoms with Crippen LogP contribution in [0.4, 0.5) is 4.39 Å². The van der Waals surface area contributed by atoms with Crippen LogP contribution in [0.3, 0.4) is 0 Å². The number of halogens is 1. The number of benzene rings is 1.